The summed E-state index contributed by atoms with van der Waals surface area (Å²) in [6, 6.07) is 14.3. The summed E-state index contributed by atoms with van der Waals surface area (Å²) in [4.78, 5) is 20.4. The Bertz CT molecular complexity index is 915. The molecule has 156 valence electrons. The van der Waals surface area contributed by atoms with Crippen LogP contribution in [0.2, 0.25) is 0 Å². The third kappa shape index (κ3) is 5.01. The Labute approximate surface area is 187 Å². The molecule has 3 aromatic rings. The third-order valence-corrected chi connectivity index (χ3v) is 6.13. The zero-order valence-electron chi connectivity index (χ0n) is 16.1. The number of rotatable bonds is 5. The van der Waals surface area contributed by atoms with Gasteiger partial charge in [0.2, 0.25) is 11.8 Å². The average Bonchev–Trinajstić information content (AvgIpc) is 3.42. The van der Waals surface area contributed by atoms with Crippen LogP contribution >= 0.6 is 36.2 Å². The summed E-state index contributed by atoms with van der Waals surface area (Å²) in [5.74, 6) is 1.97. The van der Waals surface area contributed by atoms with Crippen LogP contribution in [0.1, 0.15) is 22.9 Å². The number of thiophene rings is 1. The molecule has 0 spiro atoms. The van der Waals surface area contributed by atoms with Gasteiger partial charge in [-0.3, -0.25) is 4.79 Å². The molecule has 2 N–H and O–H groups in total. The van der Waals surface area contributed by atoms with E-state index in [0.29, 0.717) is 37.2 Å². The lowest BCUT2D eigenvalue weighted by Gasteiger charge is -2.16. The molecule has 8 heteroatoms. The summed E-state index contributed by atoms with van der Waals surface area (Å²) in [6.45, 7) is 3.85. The van der Waals surface area contributed by atoms with Gasteiger partial charge in [0.15, 0.2) is 0 Å². The Balaban J connectivity index is 0.00000150. The molecule has 0 saturated carbocycles. The minimum absolute atomic E-state index is 0. The summed E-state index contributed by atoms with van der Waals surface area (Å²) in [5.41, 5.74) is 7.96. The van der Waals surface area contributed by atoms with Crippen LogP contribution in [0.15, 0.2) is 52.3 Å². The van der Waals surface area contributed by atoms with Gasteiger partial charge in [0.1, 0.15) is 5.76 Å². The fraction of sp³-hybridized carbons (Fsp3) is 0.333. The summed E-state index contributed by atoms with van der Waals surface area (Å²) < 4.78 is 5.76. The van der Waals surface area contributed by atoms with Crippen molar-refractivity contribution < 1.29 is 9.21 Å². The van der Waals surface area contributed by atoms with Crippen molar-refractivity contribution in [3.8, 4) is 10.8 Å². The van der Waals surface area contributed by atoms with Crippen LogP contribution in [0, 0.1) is 12.8 Å². The van der Waals surface area contributed by atoms with Gasteiger partial charge in [-0.15, -0.1) is 36.2 Å². The van der Waals surface area contributed by atoms with Crippen LogP contribution in [-0.4, -0.2) is 35.4 Å². The van der Waals surface area contributed by atoms with E-state index >= 15 is 0 Å². The minimum Gasteiger partial charge on any atom is -0.440 e. The first kappa shape index (κ1) is 23.4. The molecule has 1 saturated heterocycles. The molecule has 5 nitrogen and oxygen atoms in total. The molecule has 2 aromatic heterocycles. The van der Waals surface area contributed by atoms with E-state index in [1.807, 2.05) is 47.5 Å². The van der Waals surface area contributed by atoms with E-state index in [9.17, 15) is 4.79 Å². The van der Waals surface area contributed by atoms with Crippen molar-refractivity contribution in [2.75, 3.05) is 19.6 Å². The van der Waals surface area contributed by atoms with Crippen LogP contribution in [0.3, 0.4) is 0 Å². The van der Waals surface area contributed by atoms with Gasteiger partial charge in [0.05, 0.1) is 17.0 Å². The van der Waals surface area contributed by atoms with Gasteiger partial charge >= 0.3 is 0 Å². The lowest BCUT2D eigenvalue weighted by molar-refractivity contribution is -0.129. The van der Waals surface area contributed by atoms with E-state index < -0.39 is 0 Å². The third-order valence-electron chi connectivity index (χ3n) is 5.27. The monoisotopic (exact) mass is 453 g/mol. The number of halogens is 2. The van der Waals surface area contributed by atoms with Gasteiger partial charge < -0.3 is 15.1 Å². The fourth-order valence-corrected chi connectivity index (χ4v) is 4.39. The maximum absolute atomic E-state index is 12.9. The number of carbonyl (C=O) groups excluding carboxylic acids is 1. The molecule has 4 rings (SSSR count). The zero-order valence-corrected chi connectivity index (χ0v) is 18.6. The van der Waals surface area contributed by atoms with E-state index in [1.165, 1.54) is 5.56 Å². The molecule has 1 aliphatic rings. The molecule has 1 aliphatic heterocycles. The summed E-state index contributed by atoms with van der Waals surface area (Å²) in [5, 5.41) is 1.99. The molecule has 1 amide bonds. The quantitative estimate of drug-likeness (QED) is 0.624. The number of aromatic nitrogens is 1. The molecule has 0 unspecified atom stereocenters. The topological polar surface area (TPSA) is 72.4 Å². The number of oxazole rings is 1. The first-order valence-corrected chi connectivity index (χ1v) is 10.1. The maximum Gasteiger partial charge on any atom is 0.236 e. The highest BCUT2D eigenvalue weighted by Gasteiger charge is 2.35. The Morgan fingerprint density at radius 3 is 2.62 bits per heavy atom. The Morgan fingerprint density at radius 1 is 1.21 bits per heavy atom. The van der Waals surface area contributed by atoms with Crippen molar-refractivity contribution in [2.45, 2.75) is 19.3 Å². The second-order valence-corrected chi connectivity index (χ2v) is 7.94. The van der Waals surface area contributed by atoms with Crippen LogP contribution in [0.5, 0.6) is 0 Å². The predicted molar refractivity (Wildman–Crippen MR) is 121 cm³/mol. The smallest absolute Gasteiger partial charge is 0.236 e. The van der Waals surface area contributed by atoms with Crippen molar-refractivity contribution in [3.05, 3.63) is 64.9 Å². The lowest BCUT2D eigenvalue weighted by atomic mass is 9.89. The molecule has 0 radical (unpaired) electrons. The van der Waals surface area contributed by atoms with E-state index in [4.69, 9.17) is 10.2 Å². The predicted octanol–water partition coefficient (Wildman–Crippen LogP) is 4.30. The number of hydrogen-bond donors (Lipinski definition) is 1. The first-order valence-electron chi connectivity index (χ1n) is 9.18. The first-order chi connectivity index (χ1) is 13.2. The molecule has 29 heavy (non-hydrogen) atoms. The largest absolute Gasteiger partial charge is 0.440 e. The number of likely N-dealkylation sites (tertiary alicyclic amines) is 1. The molecule has 2 atom stereocenters. The van der Waals surface area contributed by atoms with Crippen molar-refractivity contribution in [1.29, 1.82) is 0 Å². The molecular formula is C21H25Cl2N3O2S. The molecular weight excluding hydrogens is 429 g/mol. The minimum atomic E-state index is 0. The number of hydrogen-bond acceptors (Lipinski definition) is 5. The number of nitrogens with two attached hydrogens (primary N) is 1. The van der Waals surface area contributed by atoms with Gasteiger partial charge in [0, 0.05) is 19.0 Å². The normalized spacial score (nSPS) is 18.2. The highest BCUT2D eigenvalue weighted by molar-refractivity contribution is 7.13. The highest BCUT2D eigenvalue weighted by Crippen LogP contribution is 2.33. The van der Waals surface area contributed by atoms with Gasteiger partial charge in [-0.2, -0.15) is 0 Å². The highest BCUT2D eigenvalue weighted by atomic mass is 35.5. The molecule has 3 heterocycles. The zero-order chi connectivity index (χ0) is 18.8. The second-order valence-electron chi connectivity index (χ2n) is 6.99. The lowest BCUT2D eigenvalue weighted by Crippen LogP contribution is -2.31. The number of amides is 1. The summed E-state index contributed by atoms with van der Waals surface area (Å²) in [6.07, 6.45) is 0.263. The van der Waals surface area contributed by atoms with Crippen molar-refractivity contribution in [1.82, 2.24) is 9.88 Å². The Morgan fingerprint density at radius 2 is 1.97 bits per heavy atom. The molecule has 0 aliphatic carbocycles. The van der Waals surface area contributed by atoms with Crippen LogP contribution in [-0.2, 0) is 11.2 Å². The van der Waals surface area contributed by atoms with E-state index in [2.05, 4.69) is 17.1 Å². The molecule has 1 fully saturated rings. The number of aryl methyl sites for hydroxylation is 1. The standard InChI is InChI=1S/C21H23N3O2S.2ClH/c1-14-18(23-21(26-14)19-8-5-9-27-19)10-20(25)24-12-16(11-22)17(13-24)15-6-3-2-4-7-15;;/h2-9,16-17H,10-13,22H2,1H3;2*1H/t16-,17+;;/m1../s1. The second kappa shape index (κ2) is 10.3. The number of nitrogens with zero attached hydrogens (tertiary/aromatic N) is 2. The van der Waals surface area contributed by atoms with Gasteiger partial charge in [-0.05, 0) is 36.4 Å². The van der Waals surface area contributed by atoms with Crippen molar-refractivity contribution >= 4 is 42.1 Å². The van der Waals surface area contributed by atoms with Crippen molar-refractivity contribution in [3.63, 3.8) is 0 Å². The average molecular weight is 454 g/mol. The van der Waals surface area contributed by atoms with Crippen molar-refractivity contribution in [2.24, 2.45) is 11.7 Å². The maximum atomic E-state index is 12.9. The fourth-order valence-electron chi connectivity index (χ4n) is 3.74. The number of carbonyl (C=O) groups is 1. The van der Waals surface area contributed by atoms with Gasteiger partial charge in [-0.1, -0.05) is 36.4 Å². The summed E-state index contributed by atoms with van der Waals surface area (Å²) in [7, 11) is 0. The summed E-state index contributed by atoms with van der Waals surface area (Å²) >= 11 is 1.58. The van der Waals surface area contributed by atoms with Crippen LogP contribution in [0.25, 0.3) is 10.8 Å². The van der Waals surface area contributed by atoms with Crippen LogP contribution in [0.4, 0.5) is 0 Å². The number of benzene rings is 1. The van der Waals surface area contributed by atoms with E-state index in [-0.39, 0.29) is 43.1 Å². The molecule has 1 aromatic carbocycles. The Hall–Kier alpha value is -1.86. The SMILES string of the molecule is Cc1oc(-c2cccs2)nc1CC(=O)N1C[C@@H](CN)[C@H](c2ccccc2)C1.Cl.Cl. The van der Waals surface area contributed by atoms with Gasteiger partial charge in [-0.25, -0.2) is 4.98 Å². The van der Waals surface area contributed by atoms with Gasteiger partial charge in [0.25, 0.3) is 0 Å². The van der Waals surface area contributed by atoms with E-state index in [1.54, 1.807) is 11.3 Å². The van der Waals surface area contributed by atoms with E-state index in [0.717, 1.165) is 10.6 Å². The van der Waals surface area contributed by atoms with Crippen LogP contribution < -0.4 is 5.73 Å². The molecule has 0 bridgehead atoms. The Kier molecular flexibility index (Phi) is 8.28.